The molecule has 170 valence electrons. The van der Waals surface area contributed by atoms with E-state index in [1.807, 2.05) is 30.3 Å². The molecule has 1 aromatic carbocycles. The van der Waals surface area contributed by atoms with Crippen molar-refractivity contribution in [1.82, 2.24) is 9.78 Å². The van der Waals surface area contributed by atoms with Gasteiger partial charge in [-0.25, -0.2) is 0 Å². The fourth-order valence-electron chi connectivity index (χ4n) is 4.66. The van der Waals surface area contributed by atoms with Crippen LogP contribution in [0.5, 0.6) is 0 Å². The monoisotopic (exact) mass is 447 g/mol. The summed E-state index contributed by atoms with van der Waals surface area (Å²) in [6, 6.07) is 9.46. The van der Waals surface area contributed by atoms with Crippen LogP contribution in [-0.2, 0) is 20.8 Å². The number of benzene rings is 1. The van der Waals surface area contributed by atoms with Crippen LogP contribution in [0.3, 0.4) is 0 Å². The van der Waals surface area contributed by atoms with E-state index in [2.05, 4.69) is 25.9 Å². The smallest absolute Gasteiger partial charge is 0.264 e. The third kappa shape index (κ3) is 5.54. The molecule has 0 spiro atoms. The molecule has 31 heavy (non-hydrogen) atoms. The largest absolute Gasteiger partial charge is 0.395 e. The maximum absolute atomic E-state index is 13.8. The van der Waals surface area contributed by atoms with E-state index < -0.39 is 10.1 Å². The molecule has 8 heteroatoms. The van der Waals surface area contributed by atoms with Crippen LogP contribution >= 0.6 is 0 Å². The van der Waals surface area contributed by atoms with Gasteiger partial charge >= 0.3 is 0 Å². The molecule has 3 unspecified atom stereocenters. The second kappa shape index (κ2) is 9.53. The number of nitrogen functional groups attached to an aromatic ring is 1. The summed E-state index contributed by atoms with van der Waals surface area (Å²) in [6.07, 6.45) is 3.97. The van der Waals surface area contributed by atoms with Gasteiger partial charge < -0.3 is 5.73 Å². The number of nitrogens with zero attached hydrogens (tertiary/aromatic N) is 2. The molecule has 1 saturated carbocycles. The Bertz CT molecular complexity index is 1010. The molecule has 1 aliphatic carbocycles. The third-order valence-corrected chi connectivity index (χ3v) is 6.82. The van der Waals surface area contributed by atoms with Gasteiger partial charge in [0.05, 0.1) is 25.1 Å². The zero-order valence-electron chi connectivity index (χ0n) is 18.7. The zero-order chi connectivity index (χ0) is 22.8. The number of anilines is 1. The minimum absolute atomic E-state index is 0.00298. The van der Waals surface area contributed by atoms with Crippen LogP contribution in [-0.4, -0.2) is 36.8 Å². The average Bonchev–Trinajstić information content (AvgIpc) is 3.03. The van der Waals surface area contributed by atoms with E-state index in [1.165, 1.54) is 4.68 Å². The molecule has 2 aromatic rings. The molecule has 2 N–H and O–H groups in total. The predicted octanol–water partition coefficient (Wildman–Crippen LogP) is 4.00. The molecule has 0 radical (unpaired) electrons. The summed E-state index contributed by atoms with van der Waals surface area (Å²) >= 11 is 0. The van der Waals surface area contributed by atoms with Crippen molar-refractivity contribution in [3.8, 4) is 11.3 Å². The highest BCUT2D eigenvalue weighted by molar-refractivity contribution is 7.85. The van der Waals surface area contributed by atoms with Crippen molar-refractivity contribution in [1.29, 1.82) is 0 Å². The molecule has 1 fully saturated rings. The van der Waals surface area contributed by atoms with Crippen molar-refractivity contribution in [3.05, 3.63) is 36.0 Å². The second-order valence-corrected chi connectivity index (χ2v) is 10.7. The highest BCUT2D eigenvalue weighted by atomic mass is 32.2. The van der Waals surface area contributed by atoms with Crippen molar-refractivity contribution in [2.45, 2.75) is 46.6 Å². The van der Waals surface area contributed by atoms with Crippen molar-refractivity contribution >= 4 is 21.6 Å². The van der Waals surface area contributed by atoms with Crippen molar-refractivity contribution < 1.29 is 17.4 Å². The number of hydrogen-bond donors (Lipinski definition) is 1. The Labute approximate surface area is 185 Å². The molecule has 0 aliphatic heterocycles. The first-order chi connectivity index (χ1) is 14.6. The quantitative estimate of drug-likeness (QED) is 0.484. The third-order valence-electron chi connectivity index (χ3n) is 6.23. The Balaban J connectivity index is 2.01. The summed E-state index contributed by atoms with van der Waals surface area (Å²) in [5.74, 6) is 1.03. The maximum Gasteiger partial charge on any atom is 0.264 e. The first kappa shape index (κ1) is 23.5. The van der Waals surface area contributed by atoms with E-state index >= 15 is 0 Å². The Kier molecular flexibility index (Phi) is 7.21. The van der Waals surface area contributed by atoms with Crippen molar-refractivity contribution in [3.63, 3.8) is 0 Å². The summed E-state index contributed by atoms with van der Waals surface area (Å²) in [5.41, 5.74) is 8.55. The fourth-order valence-corrected chi connectivity index (χ4v) is 5.04. The van der Waals surface area contributed by atoms with Crippen LogP contribution < -0.4 is 5.73 Å². The summed E-state index contributed by atoms with van der Waals surface area (Å²) in [6.45, 7) is 6.53. The van der Waals surface area contributed by atoms with Gasteiger partial charge in [0.25, 0.3) is 10.1 Å². The van der Waals surface area contributed by atoms with Gasteiger partial charge in [0.1, 0.15) is 11.4 Å². The van der Waals surface area contributed by atoms with Crippen LogP contribution in [0.2, 0.25) is 0 Å². The van der Waals surface area contributed by atoms with Gasteiger partial charge in [0, 0.05) is 11.5 Å². The number of nitrogens with two attached hydrogens (primary N) is 1. The molecule has 0 amide bonds. The van der Waals surface area contributed by atoms with Gasteiger partial charge in [0.2, 0.25) is 0 Å². The Morgan fingerprint density at radius 2 is 1.94 bits per heavy atom. The number of ketones is 1. The SMILES string of the molecule is CC1CCC(C(C)C)C(C(=O)c2c(N)c(-c3ccccc3)nn2CCOS(C)(=O)=O)C1. The lowest BCUT2D eigenvalue weighted by atomic mass is 9.68. The van der Waals surface area contributed by atoms with Crippen LogP contribution in [0, 0.1) is 23.7 Å². The van der Waals surface area contributed by atoms with Crippen LogP contribution in [0.1, 0.15) is 50.5 Å². The Hall–Kier alpha value is -2.19. The number of carbonyl (C=O) groups is 1. The number of carbonyl (C=O) groups excluding carboxylic acids is 1. The molecular weight excluding hydrogens is 414 g/mol. The van der Waals surface area contributed by atoms with Crippen LogP contribution in [0.15, 0.2) is 30.3 Å². The molecule has 0 bridgehead atoms. The summed E-state index contributed by atoms with van der Waals surface area (Å²) in [5, 5.41) is 4.60. The number of Topliss-reactive ketones (excluding diaryl/α,β-unsaturated/α-hetero) is 1. The lowest BCUT2D eigenvalue weighted by Crippen LogP contribution is -2.35. The number of hydrogen-bond acceptors (Lipinski definition) is 6. The molecule has 0 saturated heterocycles. The van der Waals surface area contributed by atoms with Crippen molar-refractivity contribution in [2.24, 2.45) is 23.7 Å². The molecule has 7 nitrogen and oxygen atoms in total. The minimum atomic E-state index is -3.59. The summed E-state index contributed by atoms with van der Waals surface area (Å²) in [4.78, 5) is 13.8. The van der Waals surface area contributed by atoms with Crippen molar-refractivity contribution in [2.75, 3.05) is 18.6 Å². The topological polar surface area (TPSA) is 104 Å². The molecule has 3 atom stereocenters. The van der Waals surface area contributed by atoms with Gasteiger partial charge in [-0.1, -0.05) is 57.5 Å². The number of aromatic nitrogens is 2. The first-order valence-corrected chi connectivity index (χ1v) is 12.7. The van der Waals surface area contributed by atoms with E-state index in [4.69, 9.17) is 9.92 Å². The van der Waals surface area contributed by atoms with E-state index in [0.717, 1.165) is 31.1 Å². The zero-order valence-corrected chi connectivity index (χ0v) is 19.6. The Morgan fingerprint density at radius 1 is 1.26 bits per heavy atom. The normalized spacial score (nSPS) is 22.0. The standard InChI is InChI=1S/C23H33N3O4S/c1-15(2)18-11-10-16(3)14-19(18)23(27)22-20(24)21(17-8-6-5-7-9-17)25-26(22)12-13-30-31(4,28)29/h5-9,15-16,18-19H,10-14,24H2,1-4H3. The van der Waals surface area contributed by atoms with E-state index in [0.29, 0.717) is 34.8 Å². The van der Waals surface area contributed by atoms with Gasteiger partial charge in [-0.2, -0.15) is 13.5 Å². The molecule has 1 aliphatic rings. The van der Waals surface area contributed by atoms with Crippen LogP contribution in [0.4, 0.5) is 5.69 Å². The first-order valence-electron chi connectivity index (χ1n) is 10.9. The van der Waals surface area contributed by atoms with Gasteiger partial charge in [-0.3, -0.25) is 13.7 Å². The van der Waals surface area contributed by atoms with Crippen LogP contribution in [0.25, 0.3) is 11.3 Å². The van der Waals surface area contributed by atoms with E-state index in [1.54, 1.807) is 0 Å². The lowest BCUT2D eigenvalue weighted by Gasteiger charge is -2.36. The molecule has 3 rings (SSSR count). The van der Waals surface area contributed by atoms with Gasteiger partial charge in [0.15, 0.2) is 5.78 Å². The highest BCUT2D eigenvalue weighted by Gasteiger charge is 2.38. The lowest BCUT2D eigenvalue weighted by molar-refractivity contribution is 0.0712. The number of rotatable bonds is 8. The average molecular weight is 448 g/mol. The highest BCUT2D eigenvalue weighted by Crippen LogP contribution is 2.41. The predicted molar refractivity (Wildman–Crippen MR) is 122 cm³/mol. The molecular formula is C23H33N3O4S. The van der Waals surface area contributed by atoms with Gasteiger partial charge in [-0.05, 0) is 30.6 Å². The fraction of sp³-hybridized carbons (Fsp3) is 0.565. The summed E-state index contributed by atoms with van der Waals surface area (Å²) in [7, 11) is -3.59. The van der Waals surface area contributed by atoms with Gasteiger partial charge in [-0.15, -0.1) is 0 Å². The minimum Gasteiger partial charge on any atom is -0.395 e. The Morgan fingerprint density at radius 3 is 2.55 bits per heavy atom. The molecule has 1 aromatic heterocycles. The van der Waals surface area contributed by atoms with E-state index in [-0.39, 0.29) is 24.9 Å². The second-order valence-electron chi connectivity index (χ2n) is 9.02. The molecule has 1 heterocycles. The van der Waals surface area contributed by atoms with E-state index in [9.17, 15) is 13.2 Å². The maximum atomic E-state index is 13.8. The summed E-state index contributed by atoms with van der Waals surface area (Å²) < 4.78 is 29.2.